The van der Waals surface area contributed by atoms with Gasteiger partial charge in [0.2, 0.25) is 15.8 Å². The van der Waals surface area contributed by atoms with Crippen molar-refractivity contribution in [2.75, 3.05) is 26.2 Å². The van der Waals surface area contributed by atoms with E-state index in [0.717, 1.165) is 0 Å². The van der Waals surface area contributed by atoms with Crippen LogP contribution in [0.1, 0.15) is 21.9 Å². The van der Waals surface area contributed by atoms with E-state index in [1.54, 1.807) is 47.8 Å². The normalized spacial score (nSPS) is 16.1. The minimum Gasteiger partial charge on any atom is -0.360 e. The number of piperazine rings is 1. The maximum absolute atomic E-state index is 12.9. The Balaban J connectivity index is 1.49. The maximum Gasteiger partial charge on any atom is 0.274 e. The third-order valence-electron chi connectivity index (χ3n) is 4.55. The van der Waals surface area contributed by atoms with E-state index in [2.05, 4.69) is 15.1 Å². The number of hydrogen-bond donors (Lipinski definition) is 0. The zero-order valence-electron chi connectivity index (χ0n) is 14.9. The van der Waals surface area contributed by atoms with Gasteiger partial charge in [0.15, 0.2) is 5.76 Å². The second-order valence-corrected chi connectivity index (χ2v) is 8.18. The van der Waals surface area contributed by atoms with Crippen LogP contribution in [0.2, 0.25) is 0 Å². The summed E-state index contributed by atoms with van der Waals surface area (Å²) in [5.74, 6) is 0.471. The Bertz CT molecular complexity index is 1060. The highest BCUT2D eigenvalue weighted by molar-refractivity contribution is 7.89. The van der Waals surface area contributed by atoms with Crippen LogP contribution in [-0.4, -0.2) is 69.2 Å². The van der Waals surface area contributed by atoms with Crippen molar-refractivity contribution in [3.05, 3.63) is 41.8 Å². The first-order valence-electron chi connectivity index (χ1n) is 8.40. The Morgan fingerprint density at radius 3 is 2.56 bits per heavy atom. The first-order chi connectivity index (χ1) is 12.9. The highest BCUT2D eigenvalue weighted by Gasteiger charge is 2.34. The monoisotopic (exact) mass is 390 g/mol. The first-order valence-corrected chi connectivity index (χ1v) is 9.84. The van der Waals surface area contributed by atoms with E-state index in [9.17, 15) is 13.2 Å². The number of rotatable bonds is 3. The topological polar surface area (TPSA) is 114 Å². The summed E-state index contributed by atoms with van der Waals surface area (Å²) in [6.45, 7) is 4.13. The SMILES string of the molecule is Cc1noc(C)c1S(=O)(=O)N1CCN(C(=O)c2cn3cccnc3n2)CC1. The van der Waals surface area contributed by atoms with Crippen LogP contribution < -0.4 is 0 Å². The van der Waals surface area contributed by atoms with Gasteiger partial charge in [-0.1, -0.05) is 5.16 Å². The number of fused-ring (bicyclic) bond motifs is 1. The molecule has 1 fully saturated rings. The molecular weight excluding hydrogens is 372 g/mol. The largest absolute Gasteiger partial charge is 0.360 e. The third kappa shape index (κ3) is 2.98. The lowest BCUT2D eigenvalue weighted by atomic mass is 10.3. The first kappa shape index (κ1) is 17.6. The van der Waals surface area contributed by atoms with Crippen molar-refractivity contribution < 1.29 is 17.7 Å². The van der Waals surface area contributed by atoms with Gasteiger partial charge in [-0.15, -0.1) is 0 Å². The quantitative estimate of drug-likeness (QED) is 0.639. The summed E-state index contributed by atoms with van der Waals surface area (Å²) in [4.78, 5) is 22.7. The molecule has 0 radical (unpaired) electrons. The van der Waals surface area contributed by atoms with Crippen molar-refractivity contribution in [3.8, 4) is 0 Å². The molecule has 0 spiro atoms. The number of sulfonamides is 1. The summed E-state index contributed by atoms with van der Waals surface area (Å²) >= 11 is 0. The van der Waals surface area contributed by atoms with Gasteiger partial charge >= 0.3 is 0 Å². The number of aromatic nitrogens is 4. The van der Waals surface area contributed by atoms with E-state index < -0.39 is 10.0 Å². The van der Waals surface area contributed by atoms with Gasteiger partial charge in [-0.2, -0.15) is 4.31 Å². The van der Waals surface area contributed by atoms with Gasteiger partial charge in [0.05, 0.1) is 0 Å². The lowest BCUT2D eigenvalue weighted by Crippen LogP contribution is -2.50. The molecule has 0 bridgehead atoms. The van der Waals surface area contributed by atoms with Crippen molar-refractivity contribution in [1.29, 1.82) is 0 Å². The van der Waals surface area contributed by atoms with Gasteiger partial charge in [0, 0.05) is 44.8 Å². The second kappa shape index (κ2) is 6.43. The number of aryl methyl sites for hydroxylation is 2. The summed E-state index contributed by atoms with van der Waals surface area (Å²) in [5.41, 5.74) is 0.624. The van der Waals surface area contributed by atoms with Crippen molar-refractivity contribution in [3.63, 3.8) is 0 Å². The summed E-state index contributed by atoms with van der Waals surface area (Å²) in [5, 5.41) is 3.72. The molecule has 4 rings (SSSR count). The molecule has 0 aromatic carbocycles. The molecule has 1 amide bonds. The predicted octanol–water partition coefficient (Wildman–Crippen LogP) is 0.481. The maximum atomic E-state index is 12.9. The van der Waals surface area contributed by atoms with E-state index in [1.165, 1.54) is 4.31 Å². The Morgan fingerprint density at radius 1 is 1.19 bits per heavy atom. The van der Waals surface area contributed by atoms with Crippen LogP contribution in [0.3, 0.4) is 0 Å². The van der Waals surface area contributed by atoms with Gasteiger partial charge in [0.1, 0.15) is 16.3 Å². The lowest BCUT2D eigenvalue weighted by molar-refractivity contribution is 0.0692. The molecule has 0 saturated carbocycles. The number of hydrogen-bond acceptors (Lipinski definition) is 7. The van der Waals surface area contributed by atoms with E-state index in [4.69, 9.17) is 4.52 Å². The van der Waals surface area contributed by atoms with E-state index in [-0.39, 0.29) is 48.4 Å². The zero-order chi connectivity index (χ0) is 19.2. The van der Waals surface area contributed by atoms with E-state index >= 15 is 0 Å². The van der Waals surface area contributed by atoms with Crippen molar-refractivity contribution in [2.45, 2.75) is 18.7 Å². The second-order valence-electron chi connectivity index (χ2n) is 6.30. The number of carbonyl (C=O) groups is 1. The Kier molecular flexibility index (Phi) is 4.19. The van der Waals surface area contributed by atoms with Crippen LogP contribution in [0.5, 0.6) is 0 Å². The molecule has 1 aliphatic heterocycles. The molecule has 27 heavy (non-hydrogen) atoms. The van der Waals surface area contributed by atoms with E-state index in [1.807, 2.05) is 0 Å². The van der Waals surface area contributed by atoms with Gasteiger partial charge in [-0.25, -0.2) is 18.4 Å². The summed E-state index contributed by atoms with van der Waals surface area (Å²) in [7, 11) is -3.70. The Labute approximate surface area is 155 Å². The molecule has 4 heterocycles. The minimum absolute atomic E-state index is 0.105. The standard InChI is InChI=1S/C16H18N6O4S/c1-11-14(12(2)26-19-11)27(24,25)22-8-6-20(7-9-22)15(23)13-10-21-5-3-4-17-16(21)18-13/h3-5,10H,6-9H2,1-2H3. The van der Waals surface area contributed by atoms with Crippen LogP contribution in [0.4, 0.5) is 0 Å². The smallest absolute Gasteiger partial charge is 0.274 e. The van der Waals surface area contributed by atoms with Crippen molar-refractivity contribution in [1.82, 2.24) is 28.7 Å². The number of carbonyl (C=O) groups excluding carboxylic acids is 1. The minimum atomic E-state index is -3.70. The Morgan fingerprint density at radius 2 is 1.93 bits per heavy atom. The fraction of sp³-hybridized carbons (Fsp3) is 0.375. The number of amides is 1. The summed E-state index contributed by atoms with van der Waals surface area (Å²) in [6.07, 6.45) is 4.99. The Hall–Kier alpha value is -2.79. The molecule has 0 unspecified atom stereocenters. The molecule has 10 nitrogen and oxygen atoms in total. The van der Waals surface area contributed by atoms with Crippen LogP contribution in [0.15, 0.2) is 34.1 Å². The van der Waals surface area contributed by atoms with Crippen molar-refractivity contribution in [2.24, 2.45) is 0 Å². The zero-order valence-corrected chi connectivity index (χ0v) is 15.7. The highest BCUT2D eigenvalue weighted by Crippen LogP contribution is 2.24. The van der Waals surface area contributed by atoms with E-state index in [0.29, 0.717) is 11.5 Å². The van der Waals surface area contributed by atoms with Crippen LogP contribution >= 0.6 is 0 Å². The molecule has 3 aromatic rings. The van der Waals surface area contributed by atoms with Crippen LogP contribution in [0.25, 0.3) is 5.78 Å². The van der Waals surface area contributed by atoms with Crippen LogP contribution in [0, 0.1) is 13.8 Å². The lowest BCUT2D eigenvalue weighted by Gasteiger charge is -2.33. The fourth-order valence-electron chi connectivity index (χ4n) is 3.20. The third-order valence-corrected chi connectivity index (χ3v) is 6.69. The molecule has 142 valence electrons. The van der Waals surface area contributed by atoms with Gasteiger partial charge in [0.25, 0.3) is 5.91 Å². The number of imidazole rings is 1. The average molecular weight is 390 g/mol. The van der Waals surface area contributed by atoms with Gasteiger partial charge < -0.3 is 9.42 Å². The molecule has 3 aromatic heterocycles. The van der Waals surface area contributed by atoms with Crippen LogP contribution in [-0.2, 0) is 10.0 Å². The average Bonchev–Trinajstić information content (AvgIpc) is 3.24. The molecule has 0 atom stereocenters. The summed E-state index contributed by atoms with van der Waals surface area (Å²) < 4.78 is 33.7. The summed E-state index contributed by atoms with van der Waals surface area (Å²) in [6, 6.07) is 1.75. The molecule has 1 saturated heterocycles. The number of nitrogens with zero attached hydrogens (tertiary/aromatic N) is 6. The molecule has 0 N–H and O–H groups in total. The molecule has 11 heteroatoms. The fourth-order valence-corrected chi connectivity index (χ4v) is 4.91. The molecule has 0 aliphatic carbocycles. The predicted molar refractivity (Wildman–Crippen MR) is 93.6 cm³/mol. The van der Waals surface area contributed by atoms with Crippen molar-refractivity contribution >= 4 is 21.7 Å². The highest BCUT2D eigenvalue weighted by atomic mass is 32.2. The van der Waals surface area contributed by atoms with Gasteiger partial charge in [-0.05, 0) is 19.9 Å². The molecular formula is C16H18N6O4S. The molecule has 1 aliphatic rings. The van der Waals surface area contributed by atoms with Gasteiger partial charge in [-0.3, -0.25) is 9.20 Å².